The highest BCUT2D eigenvalue weighted by molar-refractivity contribution is 5.62. The molecule has 4 unspecified atom stereocenters. The lowest BCUT2D eigenvalue weighted by molar-refractivity contribution is -0.154. The van der Waals surface area contributed by atoms with E-state index in [1.165, 1.54) is 0 Å². The van der Waals surface area contributed by atoms with E-state index < -0.39 is 5.79 Å². The Morgan fingerprint density at radius 3 is 2.96 bits per heavy atom. The van der Waals surface area contributed by atoms with Gasteiger partial charge < -0.3 is 23.8 Å². The largest absolute Gasteiger partial charge is 0.493 e. The Morgan fingerprint density at radius 2 is 2.23 bits per heavy atom. The Balaban J connectivity index is 1.65. The second kappa shape index (κ2) is 5.47. The van der Waals surface area contributed by atoms with E-state index in [9.17, 15) is 4.79 Å². The molecule has 3 aliphatic heterocycles. The summed E-state index contributed by atoms with van der Waals surface area (Å²) in [4.78, 5) is 13.3. The molecule has 1 aliphatic carbocycles. The molecule has 5 rings (SSSR count). The normalized spacial score (nSPS) is 37.1. The van der Waals surface area contributed by atoms with Crippen molar-refractivity contribution in [2.24, 2.45) is 0 Å². The second-order valence-electron chi connectivity index (χ2n) is 7.69. The van der Waals surface area contributed by atoms with E-state index in [1.807, 2.05) is 17.9 Å². The fourth-order valence-electron chi connectivity index (χ4n) is 4.90. The molecule has 4 aliphatic rings. The van der Waals surface area contributed by atoms with Gasteiger partial charge in [0.25, 0.3) is 0 Å². The number of nitrogens with zero attached hydrogens (tertiary/aromatic N) is 1. The van der Waals surface area contributed by atoms with Crippen LogP contribution in [0.3, 0.4) is 0 Å². The highest BCUT2D eigenvalue weighted by Crippen LogP contribution is 2.57. The molecule has 4 atom stereocenters. The molecule has 138 valence electrons. The Morgan fingerprint density at radius 1 is 1.35 bits per heavy atom. The van der Waals surface area contributed by atoms with Crippen LogP contribution in [0.5, 0.6) is 11.5 Å². The van der Waals surface area contributed by atoms with Gasteiger partial charge in [0, 0.05) is 25.1 Å². The molecule has 1 aromatic rings. The minimum Gasteiger partial charge on any atom is -0.493 e. The number of amides is 1. The summed E-state index contributed by atoms with van der Waals surface area (Å²) >= 11 is 0. The van der Waals surface area contributed by atoms with Gasteiger partial charge in [-0.2, -0.15) is 0 Å². The second-order valence-corrected chi connectivity index (χ2v) is 7.69. The number of carbonyl (C=O) groups is 1. The Labute approximate surface area is 152 Å². The molecule has 0 aromatic heterocycles. The van der Waals surface area contributed by atoms with Gasteiger partial charge >= 0.3 is 0 Å². The van der Waals surface area contributed by atoms with Crippen molar-refractivity contribution in [3.63, 3.8) is 0 Å². The minimum absolute atomic E-state index is 0.0715. The first-order chi connectivity index (χ1) is 12.6. The number of hydrogen-bond acceptors (Lipinski definition) is 5. The summed E-state index contributed by atoms with van der Waals surface area (Å²) in [6.45, 7) is 3.89. The number of rotatable bonds is 2. The van der Waals surface area contributed by atoms with Crippen LogP contribution in [0.25, 0.3) is 0 Å². The van der Waals surface area contributed by atoms with Gasteiger partial charge in [0.15, 0.2) is 17.3 Å². The minimum atomic E-state index is -0.707. The van der Waals surface area contributed by atoms with E-state index >= 15 is 0 Å². The predicted molar refractivity (Wildman–Crippen MR) is 93.2 cm³/mol. The molecule has 1 amide bonds. The molecular weight excluding hydrogens is 334 g/mol. The van der Waals surface area contributed by atoms with Gasteiger partial charge in [-0.15, -0.1) is 0 Å². The van der Waals surface area contributed by atoms with Crippen LogP contribution in [0.1, 0.15) is 30.9 Å². The van der Waals surface area contributed by atoms with E-state index in [0.717, 1.165) is 35.5 Å². The van der Waals surface area contributed by atoms with Gasteiger partial charge in [-0.25, -0.2) is 0 Å². The molecule has 2 spiro atoms. The summed E-state index contributed by atoms with van der Waals surface area (Å²) in [5.74, 6) is 0.832. The Kier molecular flexibility index (Phi) is 3.40. The van der Waals surface area contributed by atoms with Crippen molar-refractivity contribution in [3.05, 3.63) is 35.4 Å². The molecule has 6 nitrogen and oxygen atoms in total. The highest BCUT2D eigenvalue weighted by atomic mass is 16.7. The van der Waals surface area contributed by atoms with Crippen LogP contribution in [-0.4, -0.2) is 49.6 Å². The topological polar surface area (TPSA) is 57.2 Å². The van der Waals surface area contributed by atoms with Crippen molar-refractivity contribution >= 4 is 6.41 Å². The Bertz CT molecular complexity index is 793. The molecule has 1 saturated heterocycles. The van der Waals surface area contributed by atoms with Gasteiger partial charge in [-0.3, -0.25) is 4.79 Å². The first-order valence-corrected chi connectivity index (χ1v) is 9.18. The molecule has 26 heavy (non-hydrogen) atoms. The standard InChI is InChI=1S/C20H23NO5/c1-13-11-24-20(26-13)6-5-19-7-8-21(12-22)10-14-3-4-15(23-2)18(17(14)19)25-16(19)9-20/h3-6,12-13,16H,7-11H2,1-2H3. The van der Waals surface area contributed by atoms with Gasteiger partial charge in [0.05, 0.1) is 25.2 Å². The van der Waals surface area contributed by atoms with Crippen LogP contribution in [-0.2, 0) is 26.2 Å². The van der Waals surface area contributed by atoms with Crippen LogP contribution in [0, 0.1) is 0 Å². The summed E-state index contributed by atoms with van der Waals surface area (Å²) in [5.41, 5.74) is 2.00. The average Bonchev–Trinajstić information content (AvgIpc) is 3.11. The van der Waals surface area contributed by atoms with Crippen molar-refractivity contribution in [2.75, 3.05) is 20.3 Å². The monoisotopic (exact) mass is 357 g/mol. The fraction of sp³-hybridized carbons (Fsp3) is 0.550. The molecule has 3 heterocycles. The molecule has 0 N–H and O–H groups in total. The first kappa shape index (κ1) is 16.1. The van der Waals surface area contributed by atoms with E-state index in [4.69, 9.17) is 18.9 Å². The molecule has 0 radical (unpaired) electrons. The van der Waals surface area contributed by atoms with Crippen molar-refractivity contribution in [1.29, 1.82) is 0 Å². The van der Waals surface area contributed by atoms with E-state index in [2.05, 4.69) is 18.2 Å². The maximum Gasteiger partial charge on any atom is 0.210 e. The third kappa shape index (κ3) is 2.09. The van der Waals surface area contributed by atoms with E-state index in [-0.39, 0.29) is 17.6 Å². The first-order valence-electron chi connectivity index (χ1n) is 9.18. The van der Waals surface area contributed by atoms with Gasteiger partial charge in [-0.1, -0.05) is 12.1 Å². The summed E-state index contributed by atoms with van der Waals surface area (Å²) in [6, 6.07) is 3.98. The van der Waals surface area contributed by atoms with Crippen LogP contribution in [0.2, 0.25) is 0 Å². The van der Waals surface area contributed by atoms with Gasteiger partial charge in [0.1, 0.15) is 6.10 Å². The Hall–Kier alpha value is -2.05. The van der Waals surface area contributed by atoms with Crippen LogP contribution in [0.15, 0.2) is 24.3 Å². The zero-order valence-electron chi connectivity index (χ0n) is 15.1. The van der Waals surface area contributed by atoms with Gasteiger partial charge in [-0.05, 0) is 31.1 Å². The predicted octanol–water partition coefficient (Wildman–Crippen LogP) is 2.15. The number of carbonyl (C=O) groups excluding carboxylic acids is 1. The number of benzene rings is 1. The van der Waals surface area contributed by atoms with E-state index in [0.29, 0.717) is 26.1 Å². The molecule has 1 aromatic carbocycles. The van der Waals surface area contributed by atoms with Crippen LogP contribution in [0.4, 0.5) is 0 Å². The number of hydrogen-bond donors (Lipinski definition) is 0. The highest BCUT2D eigenvalue weighted by Gasteiger charge is 2.57. The van der Waals surface area contributed by atoms with Crippen LogP contribution >= 0.6 is 0 Å². The molecule has 0 bridgehead atoms. The average molecular weight is 357 g/mol. The summed E-state index contributed by atoms with van der Waals surface area (Å²) in [7, 11) is 1.66. The molecular formula is C20H23NO5. The SMILES string of the molecule is COc1ccc2c3c1OC1CC4(C=CC31CCN(C=O)C2)OCC(C)O4. The van der Waals surface area contributed by atoms with Crippen molar-refractivity contribution in [3.8, 4) is 11.5 Å². The zero-order chi connectivity index (χ0) is 17.9. The zero-order valence-corrected chi connectivity index (χ0v) is 15.1. The number of ether oxygens (including phenoxy) is 4. The lowest BCUT2D eigenvalue weighted by Gasteiger charge is -2.40. The maximum absolute atomic E-state index is 11.5. The lowest BCUT2D eigenvalue weighted by Crippen LogP contribution is -2.48. The number of methoxy groups -OCH3 is 1. The summed E-state index contributed by atoms with van der Waals surface area (Å²) < 4.78 is 24.1. The fourth-order valence-corrected chi connectivity index (χ4v) is 4.90. The molecule has 0 saturated carbocycles. The van der Waals surface area contributed by atoms with Crippen LogP contribution < -0.4 is 9.47 Å². The maximum atomic E-state index is 11.5. The molecule has 1 fully saturated rings. The lowest BCUT2D eigenvalue weighted by atomic mass is 9.68. The summed E-state index contributed by atoms with van der Waals surface area (Å²) in [6.07, 6.45) is 6.60. The van der Waals surface area contributed by atoms with E-state index in [1.54, 1.807) is 7.11 Å². The van der Waals surface area contributed by atoms with Gasteiger partial charge in [0.2, 0.25) is 6.41 Å². The van der Waals surface area contributed by atoms with Crippen molar-refractivity contribution in [1.82, 2.24) is 4.90 Å². The molecule has 6 heteroatoms. The summed E-state index contributed by atoms with van der Waals surface area (Å²) in [5, 5.41) is 0. The third-order valence-electron chi connectivity index (χ3n) is 6.13. The van der Waals surface area contributed by atoms with Crippen molar-refractivity contribution < 1.29 is 23.7 Å². The smallest absolute Gasteiger partial charge is 0.210 e. The quantitative estimate of drug-likeness (QED) is 0.600. The third-order valence-corrected chi connectivity index (χ3v) is 6.13. The van der Waals surface area contributed by atoms with Crippen molar-refractivity contribution in [2.45, 2.75) is 49.7 Å².